The Hall–Kier alpha value is -1.75. The summed E-state index contributed by atoms with van der Waals surface area (Å²) in [5.74, 6) is 0.291. The van der Waals surface area contributed by atoms with Crippen LogP contribution in [-0.4, -0.2) is 16.9 Å². The summed E-state index contributed by atoms with van der Waals surface area (Å²) in [4.78, 5) is 5.46. The van der Waals surface area contributed by atoms with Crippen LogP contribution >= 0.6 is 11.3 Å². The fourth-order valence-corrected chi connectivity index (χ4v) is 3.98. The van der Waals surface area contributed by atoms with Crippen LogP contribution in [0.5, 0.6) is 0 Å². The average Bonchev–Trinajstić information content (AvgIpc) is 2.96. The lowest BCUT2D eigenvalue weighted by molar-refractivity contribution is 0.443. The maximum Gasteiger partial charge on any atom is 0.206 e. The lowest BCUT2D eigenvalue weighted by Crippen LogP contribution is -2.16. The Morgan fingerprint density at radius 3 is 2.67 bits per heavy atom. The molecule has 0 aliphatic heterocycles. The first-order valence-electron chi connectivity index (χ1n) is 8.69. The number of hydrogen-bond acceptors (Lipinski definition) is 3. The van der Waals surface area contributed by atoms with Crippen LogP contribution in [0.25, 0.3) is 11.3 Å². The molecule has 0 radical (unpaired) electrons. The quantitative estimate of drug-likeness (QED) is 0.692. The molecule has 1 saturated carbocycles. The van der Waals surface area contributed by atoms with Gasteiger partial charge in [-0.25, -0.2) is 9.07 Å². The predicted octanol–water partition coefficient (Wildman–Crippen LogP) is 5.08. The van der Waals surface area contributed by atoms with Crippen LogP contribution in [0.3, 0.4) is 0 Å². The van der Waals surface area contributed by atoms with E-state index in [9.17, 15) is 4.39 Å². The van der Waals surface area contributed by atoms with Crippen LogP contribution in [-0.2, 0) is 0 Å². The number of thiazole rings is 1. The van der Waals surface area contributed by atoms with Crippen molar-refractivity contribution in [2.75, 3.05) is 0 Å². The van der Waals surface area contributed by atoms with E-state index in [4.69, 9.17) is 5.10 Å². The summed E-state index contributed by atoms with van der Waals surface area (Å²) in [7, 11) is 0. The molecule has 1 fully saturated rings. The molecule has 0 unspecified atom stereocenters. The van der Waals surface area contributed by atoms with Crippen LogP contribution in [0.4, 0.5) is 4.39 Å². The summed E-state index contributed by atoms with van der Waals surface area (Å²) in [5, 5.41) is 6.64. The van der Waals surface area contributed by atoms with Gasteiger partial charge in [0.1, 0.15) is 5.82 Å². The van der Waals surface area contributed by atoms with E-state index in [1.54, 1.807) is 16.8 Å². The number of halogens is 1. The van der Waals surface area contributed by atoms with Crippen molar-refractivity contribution in [3.8, 4) is 11.3 Å². The lowest BCUT2D eigenvalue weighted by Gasteiger charge is -2.17. The largest absolute Gasteiger partial charge is 0.255 e. The number of aromatic nitrogens is 1. The second-order valence-electron chi connectivity index (χ2n) is 6.58. The maximum absolute atomic E-state index is 14.2. The third-order valence-corrected chi connectivity index (χ3v) is 5.08. The highest BCUT2D eigenvalue weighted by molar-refractivity contribution is 7.07. The molecule has 1 heterocycles. The number of rotatable bonds is 4. The Morgan fingerprint density at radius 2 is 1.96 bits per heavy atom. The fraction of sp³-hybridized carbons (Fsp3) is 0.474. The van der Waals surface area contributed by atoms with E-state index >= 15 is 0 Å². The molecule has 1 aromatic carbocycles. The Morgan fingerprint density at radius 1 is 1.21 bits per heavy atom. The van der Waals surface area contributed by atoms with Gasteiger partial charge in [0.25, 0.3) is 0 Å². The summed E-state index contributed by atoms with van der Waals surface area (Å²) < 4.78 is 16.0. The molecular formula is C19H24FN3S. The average molecular weight is 345 g/mol. The van der Waals surface area contributed by atoms with E-state index in [-0.39, 0.29) is 11.9 Å². The topological polar surface area (TPSA) is 29.6 Å². The molecule has 0 bridgehead atoms. The van der Waals surface area contributed by atoms with E-state index in [2.05, 4.69) is 4.99 Å². The Labute approximate surface area is 146 Å². The van der Waals surface area contributed by atoms with Crippen molar-refractivity contribution in [2.45, 2.75) is 52.0 Å². The van der Waals surface area contributed by atoms with Crippen LogP contribution in [0.2, 0.25) is 0 Å². The molecule has 2 aromatic rings. The molecule has 0 N–H and O–H groups in total. The van der Waals surface area contributed by atoms with Gasteiger partial charge in [0.15, 0.2) is 0 Å². The van der Waals surface area contributed by atoms with E-state index in [1.165, 1.54) is 49.5 Å². The van der Waals surface area contributed by atoms with Gasteiger partial charge in [-0.3, -0.25) is 4.99 Å². The van der Waals surface area contributed by atoms with Gasteiger partial charge in [0, 0.05) is 23.2 Å². The summed E-state index contributed by atoms with van der Waals surface area (Å²) in [6.45, 7) is 4.08. The van der Waals surface area contributed by atoms with Crippen LogP contribution in [0.1, 0.15) is 46.0 Å². The van der Waals surface area contributed by atoms with E-state index < -0.39 is 0 Å². The Kier molecular flexibility index (Phi) is 5.61. The van der Waals surface area contributed by atoms with Gasteiger partial charge in [-0.05, 0) is 44.7 Å². The molecule has 1 aliphatic rings. The van der Waals surface area contributed by atoms with Crippen molar-refractivity contribution in [3.63, 3.8) is 0 Å². The SMILES string of the molecule is CC(C)N=c1scc(-c2ccccc2F)n1N=CC1CCCCC1. The molecule has 5 heteroatoms. The zero-order valence-electron chi connectivity index (χ0n) is 14.3. The van der Waals surface area contributed by atoms with Crippen molar-refractivity contribution in [1.29, 1.82) is 0 Å². The van der Waals surface area contributed by atoms with E-state index in [0.717, 1.165) is 10.5 Å². The van der Waals surface area contributed by atoms with Crippen molar-refractivity contribution < 1.29 is 4.39 Å². The van der Waals surface area contributed by atoms with Gasteiger partial charge in [-0.1, -0.05) is 31.4 Å². The molecule has 0 saturated heterocycles. The van der Waals surface area contributed by atoms with Gasteiger partial charge in [0.05, 0.1) is 5.69 Å². The molecule has 1 aliphatic carbocycles. The number of nitrogens with zero attached hydrogens (tertiary/aromatic N) is 3. The standard InChI is InChI=1S/C19H24FN3S/c1-14(2)22-19-23(21-12-15-8-4-3-5-9-15)18(13-24-19)16-10-6-7-11-17(16)20/h6-7,10-15H,3-5,8-9H2,1-2H3. The monoisotopic (exact) mass is 345 g/mol. The van der Waals surface area contributed by atoms with Crippen LogP contribution < -0.4 is 4.80 Å². The highest BCUT2D eigenvalue weighted by Gasteiger charge is 2.14. The molecule has 24 heavy (non-hydrogen) atoms. The molecule has 0 amide bonds. The summed E-state index contributed by atoms with van der Waals surface area (Å²) in [5.41, 5.74) is 1.34. The lowest BCUT2D eigenvalue weighted by atomic mass is 9.90. The minimum absolute atomic E-state index is 0.174. The highest BCUT2D eigenvalue weighted by atomic mass is 32.1. The van der Waals surface area contributed by atoms with E-state index in [0.29, 0.717) is 11.5 Å². The van der Waals surface area contributed by atoms with Crippen LogP contribution in [0.15, 0.2) is 39.7 Å². The second kappa shape index (κ2) is 7.88. The zero-order chi connectivity index (χ0) is 16.9. The first-order valence-corrected chi connectivity index (χ1v) is 9.57. The van der Waals surface area contributed by atoms with Crippen molar-refractivity contribution in [2.24, 2.45) is 16.0 Å². The molecule has 1 aromatic heterocycles. The molecule has 3 nitrogen and oxygen atoms in total. The van der Waals surface area contributed by atoms with Crippen molar-refractivity contribution in [1.82, 2.24) is 4.68 Å². The molecule has 0 atom stereocenters. The third-order valence-electron chi connectivity index (χ3n) is 4.25. The van der Waals surface area contributed by atoms with Crippen LogP contribution in [0, 0.1) is 11.7 Å². The van der Waals surface area contributed by atoms with Gasteiger partial charge in [-0.15, -0.1) is 11.3 Å². The van der Waals surface area contributed by atoms with Gasteiger partial charge < -0.3 is 0 Å². The normalized spacial score (nSPS) is 17.2. The summed E-state index contributed by atoms with van der Waals surface area (Å²) >= 11 is 1.51. The van der Waals surface area contributed by atoms with Gasteiger partial charge in [0.2, 0.25) is 4.80 Å². The third kappa shape index (κ3) is 4.01. The predicted molar refractivity (Wildman–Crippen MR) is 98.9 cm³/mol. The van der Waals surface area contributed by atoms with Crippen molar-refractivity contribution >= 4 is 17.6 Å². The Bertz CT molecular complexity index is 767. The molecule has 128 valence electrons. The second-order valence-corrected chi connectivity index (χ2v) is 7.42. The molecule has 3 rings (SSSR count). The molecular weight excluding hydrogens is 321 g/mol. The minimum Gasteiger partial charge on any atom is -0.255 e. The minimum atomic E-state index is -0.229. The fourth-order valence-electron chi connectivity index (χ4n) is 3.02. The number of hydrogen-bond donors (Lipinski definition) is 0. The first-order chi connectivity index (χ1) is 11.6. The van der Waals surface area contributed by atoms with E-state index in [1.807, 2.05) is 31.5 Å². The summed E-state index contributed by atoms with van der Waals surface area (Å²) in [6, 6.07) is 7.02. The maximum atomic E-state index is 14.2. The van der Waals surface area contributed by atoms with Gasteiger partial charge in [-0.2, -0.15) is 5.10 Å². The Balaban J connectivity index is 2.02. The smallest absolute Gasteiger partial charge is 0.206 e. The first kappa shape index (κ1) is 17.1. The molecule has 0 spiro atoms. The summed E-state index contributed by atoms with van der Waals surface area (Å²) in [6.07, 6.45) is 8.29. The highest BCUT2D eigenvalue weighted by Crippen LogP contribution is 2.25. The van der Waals surface area contributed by atoms with Crippen molar-refractivity contribution in [3.05, 3.63) is 40.3 Å². The zero-order valence-corrected chi connectivity index (χ0v) is 15.1. The number of benzene rings is 1. The van der Waals surface area contributed by atoms with Gasteiger partial charge >= 0.3 is 0 Å².